The van der Waals surface area contributed by atoms with Gasteiger partial charge in [0.15, 0.2) is 11.0 Å². The molecule has 0 aliphatic heterocycles. The quantitative estimate of drug-likeness (QED) is 0.478. The number of rotatable bonds is 4. The van der Waals surface area contributed by atoms with Crippen molar-refractivity contribution < 1.29 is 0 Å². The van der Waals surface area contributed by atoms with E-state index in [1.807, 2.05) is 29.0 Å². The molecule has 90 valence electrons. The van der Waals surface area contributed by atoms with Crippen molar-refractivity contribution in [3.05, 3.63) is 37.2 Å². The zero-order valence-corrected chi connectivity index (χ0v) is 12.6. The number of aromatic nitrogens is 4. The van der Waals surface area contributed by atoms with Gasteiger partial charge in [-0.2, -0.15) is 0 Å². The van der Waals surface area contributed by atoms with Gasteiger partial charge in [0.1, 0.15) is 0 Å². The lowest BCUT2D eigenvalue weighted by Gasteiger charge is -2.05. The van der Waals surface area contributed by atoms with Crippen LogP contribution in [0.2, 0.25) is 0 Å². The molecule has 17 heavy (non-hydrogen) atoms. The Labute approximate surface area is 122 Å². The topological polar surface area (TPSA) is 43.6 Å². The Kier molecular flexibility index (Phi) is 5.63. The predicted molar refractivity (Wildman–Crippen MR) is 80.6 cm³/mol. The van der Waals surface area contributed by atoms with Crippen LogP contribution in [0.5, 0.6) is 0 Å². The highest BCUT2D eigenvalue weighted by Crippen LogP contribution is 2.21. The van der Waals surface area contributed by atoms with Gasteiger partial charge in [0, 0.05) is 24.5 Å². The molecule has 0 amide bonds. The molecule has 0 N–H and O–H groups in total. The van der Waals surface area contributed by atoms with E-state index in [4.69, 9.17) is 0 Å². The van der Waals surface area contributed by atoms with E-state index in [9.17, 15) is 0 Å². The maximum atomic E-state index is 4.19. The number of hydrogen-bond acceptors (Lipinski definition) is 4. The Hall–Kier alpha value is -0.890. The molecule has 2 heterocycles. The molecule has 0 fully saturated rings. The lowest BCUT2D eigenvalue weighted by molar-refractivity contribution is 0.732. The molecule has 0 spiro atoms. The minimum atomic E-state index is 0. The Balaban J connectivity index is 0.00000144. The van der Waals surface area contributed by atoms with Crippen LogP contribution >= 0.6 is 35.7 Å². The zero-order valence-electron chi connectivity index (χ0n) is 9.41. The second-order valence-corrected chi connectivity index (χ2v) is 3.92. The average Bonchev–Trinajstić information content (AvgIpc) is 2.74. The fourth-order valence-electron chi connectivity index (χ4n) is 1.45. The molecule has 0 radical (unpaired) electrons. The highest BCUT2D eigenvalue weighted by molar-refractivity contribution is 14.0. The fourth-order valence-corrected chi connectivity index (χ4v) is 1.95. The van der Waals surface area contributed by atoms with Crippen molar-refractivity contribution in [1.29, 1.82) is 0 Å². The Morgan fingerprint density at radius 1 is 1.35 bits per heavy atom. The van der Waals surface area contributed by atoms with Crippen molar-refractivity contribution in [3.63, 3.8) is 0 Å². The molecule has 0 aliphatic rings. The maximum Gasteiger partial charge on any atom is 0.191 e. The third-order valence-electron chi connectivity index (χ3n) is 2.15. The van der Waals surface area contributed by atoms with Crippen LogP contribution in [0.3, 0.4) is 0 Å². The molecule has 2 rings (SSSR count). The van der Waals surface area contributed by atoms with Gasteiger partial charge in [-0.25, -0.2) is 0 Å². The number of hydrogen-bond donors (Lipinski definition) is 0. The molecular weight excluding hydrogens is 347 g/mol. The Bertz CT molecular complexity index is 483. The van der Waals surface area contributed by atoms with E-state index in [0.717, 1.165) is 16.5 Å². The van der Waals surface area contributed by atoms with E-state index in [1.54, 1.807) is 24.2 Å². The largest absolute Gasteiger partial charge is 0.298 e. The van der Waals surface area contributed by atoms with E-state index >= 15 is 0 Å². The van der Waals surface area contributed by atoms with Gasteiger partial charge in [-0.3, -0.25) is 9.55 Å². The van der Waals surface area contributed by atoms with Crippen molar-refractivity contribution >= 4 is 35.7 Å². The van der Waals surface area contributed by atoms with Crippen LogP contribution in [-0.4, -0.2) is 26.0 Å². The number of allylic oxidation sites excluding steroid dienone is 1. The molecule has 2 aromatic heterocycles. The first-order valence-electron chi connectivity index (χ1n) is 4.85. The maximum absolute atomic E-state index is 4.19. The highest BCUT2D eigenvalue weighted by atomic mass is 127. The summed E-state index contributed by atoms with van der Waals surface area (Å²) >= 11 is 1.58. The molecular formula is C11H13IN4S. The third-order valence-corrected chi connectivity index (χ3v) is 2.82. The molecule has 6 heteroatoms. The van der Waals surface area contributed by atoms with E-state index in [-0.39, 0.29) is 24.0 Å². The van der Waals surface area contributed by atoms with Crippen molar-refractivity contribution in [2.75, 3.05) is 6.26 Å². The summed E-state index contributed by atoms with van der Waals surface area (Å²) in [5, 5.41) is 9.22. The summed E-state index contributed by atoms with van der Waals surface area (Å²) in [6.45, 7) is 4.46. The second-order valence-electron chi connectivity index (χ2n) is 3.15. The average molecular weight is 360 g/mol. The monoisotopic (exact) mass is 360 g/mol. The standard InChI is InChI=1S/C11H12N4S.HI/c1-3-8-15-10(13-14-11(15)16-2)9-4-6-12-7-5-9;/h3-7H,1,8H2,2H3;1H. The molecule has 4 nitrogen and oxygen atoms in total. The normalized spacial score (nSPS) is 9.71. The van der Waals surface area contributed by atoms with Crippen molar-refractivity contribution in [2.24, 2.45) is 0 Å². The van der Waals surface area contributed by atoms with E-state index < -0.39 is 0 Å². The lowest BCUT2D eigenvalue weighted by atomic mass is 10.2. The molecule has 0 bridgehead atoms. The van der Waals surface area contributed by atoms with Crippen LogP contribution in [0.15, 0.2) is 42.3 Å². The van der Waals surface area contributed by atoms with Crippen LogP contribution in [0.1, 0.15) is 0 Å². The highest BCUT2D eigenvalue weighted by Gasteiger charge is 2.11. The number of halogens is 1. The van der Waals surface area contributed by atoms with E-state index in [2.05, 4.69) is 21.8 Å². The third kappa shape index (κ3) is 3.06. The summed E-state index contributed by atoms with van der Waals surface area (Å²) in [6.07, 6.45) is 7.33. The second kappa shape index (κ2) is 6.75. The lowest BCUT2D eigenvalue weighted by Crippen LogP contribution is -2.00. The van der Waals surface area contributed by atoms with Crippen molar-refractivity contribution in [2.45, 2.75) is 11.7 Å². The molecule has 0 aromatic carbocycles. The van der Waals surface area contributed by atoms with Gasteiger partial charge in [-0.15, -0.1) is 40.8 Å². The molecule has 2 aromatic rings. The smallest absolute Gasteiger partial charge is 0.191 e. The van der Waals surface area contributed by atoms with Gasteiger partial charge < -0.3 is 0 Å². The van der Waals surface area contributed by atoms with Crippen molar-refractivity contribution in [1.82, 2.24) is 19.7 Å². The van der Waals surface area contributed by atoms with Gasteiger partial charge in [-0.05, 0) is 18.4 Å². The number of nitrogens with zero attached hydrogens (tertiary/aromatic N) is 4. The van der Waals surface area contributed by atoms with Crippen LogP contribution in [0.4, 0.5) is 0 Å². The fraction of sp³-hybridized carbons (Fsp3) is 0.182. The Morgan fingerprint density at radius 2 is 2.06 bits per heavy atom. The molecule has 0 atom stereocenters. The Morgan fingerprint density at radius 3 is 2.65 bits per heavy atom. The summed E-state index contributed by atoms with van der Waals surface area (Å²) in [5.41, 5.74) is 1.02. The number of thioether (sulfide) groups is 1. The van der Waals surface area contributed by atoms with Crippen LogP contribution in [-0.2, 0) is 6.54 Å². The first kappa shape index (κ1) is 14.2. The molecule has 0 saturated carbocycles. The summed E-state index contributed by atoms with van der Waals surface area (Å²) < 4.78 is 2.03. The van der Waals surface area contributed by atoms with Crippen LogP contribution in [0, 0.1) is 0 Å². The summed E-state index contributed by atoms with van der Waals surface area (Å²) in [4.78, 5) is 3.99. The van der Waals surface area contributed by atoms with Gasteiger partial charge in [0.2, 0.25) is 0 Å². The first-order valence-corrected chi connectivity index (χ1v) is 6.07. The van der Waals surface area contributed by atoms with E-state index in [0.29, 0.717) is 6.54 Å². The van der Waals surface area contributed by atoms with Gasteiger partial charge in [0.25, 0.3) is 0 Å². The molecule has 0 unspecified atom stereocenters. The molecule has 0 aliphatic carbocycles. The minimum Gasteiger partial charge on any atom is -0.298 e. The number of pyridine rings is 1. The predicted octanol–water partition coefficient (Wildman–Crippen LogP) is 2.87. The van der Waals surface area contributed by atoms with E-state index in [1.165, 1.54) is 0 Å². The summed E-state index contributed by atoms with van der Waals surface area (Å²) in [6, 6.07) is 3.85. The zero-order chi connectivity index (χ0) is 11.4. The van der Waals surface area contributed by atoms with Crippen LogP contribution in [0.25, 0.3) is 11.4 Å². The van der Waals surface area contributed by atoms with Crippen LogP contribution < -0.4 is 0 Å². The summed E-state index contributed by atoms with van der Waals surface area (Å²) in [7, 11) is 0. The summed E-state index contributed by atoms with van der Waals surface area (Å²) in [5.74, 6) is 0.853. The molecule has 0 saturated heterocycles. The van der Waals surface area contributed by atoms with Gasteiger partial charge in [0.05, 0.1) is 0 Å². The van der Waals surface area contributed by atoms with Gasteiger partial charge in [-0.1, -0.05) is 17.8 Å². The first-order chi connectivity index (χ1) is 7.86. The van der Waals surface area contributed by atoms with Crippen molar-refractivity contribution in [3.8, 4) is 11.4 Å². The van der Waals surface area contributed by atoms with Gasteiger partial charge >= 0.3 is 0 Å². The minimum absolute atomic E-state index is 0. The SMILES string of the molecule is C=CCn1c(SC)nnc1-c1ccncc1.I.